The van der Waals surface area contributed by atoms with E-state index in [4.69, 9.17) is 9.47 Å². The van der Waals surface area contributed by atoms with Crippen LogP contribution in [0.2, 0.25) is 0 Å². The number of imidazole rings is 1. The lowest BCUT2D eigenvalue weighted by atomic mass is 10.2. The number of nitrogens with zero attached hydrogens (tertiary/aromatic N) is 4. The van der Waals surface area contributed by atoms with Gasteiger partial charge in [-0.2, -0.15) is 4.98 Å². The molecular formula is C16H23N5O2. The van der Waals surface area contributed by atoms with E-state index in [9.17, 15) is 0 Å². The van der Waals surface area contributed by atoms with Crippen LogP contribution >= 0.6 is 0 Å². The summed E-state index contributed by atoms with van der Waals surface area (Å²) in [5.74, 6) is 0.709. The molecule has 23 heavy (non-hydrogen) atoms. The van der Waals surface area contributed by atoms with Crippen molar-refractivity contribution in [1.29, 1.82) is 0 Å². The van der Waals surface area contributed by atoms with E-state index in [1.165, 1.54) is 5.57 Å². The number of methoxy groups -OCH3 is 1. The van der Waals surface area contributed by atoms with Crippen LogP contribution in [0.1, 0.15) is 39.3 Å². The van der Waals surface area contributed by atoms with Gasteiger partial charge in [-0.05, 0) is 33.1 Å². The number of hydrogen-bond donors (Lipinski definition) is 1. The van der Waals surface area contributed by atoms with Gasteiger partial charge in [0, 0.05) is 13.2 Å². The minimum absolute atomic E-state index is 0.0794. The SMILES string of the molecule is COc1nc2c(NCC=C(C)C)ncnc2n1C1CCCCO1. The second-order valence-electron chi connectivity index (χ2n) is 5.85. The molecule has 7 nitrogen and oxygen atoms in total. The first-order valence-electron chi connectivity index (χ1n) is 7.96. The molecular weight excluding hydrogens is 294 g/mol. The molecule has 3 heterocycles. The molecule has 0 aliphatic carbocycles. The van der Waals surface area contributed by atoms with Gasteiger partial charge in [-0.3, -0.25) is 4.57 Å². The van der Waals surface area contributed by atoms with Gasteiger partial charge in [0.05, 0.1) is 7.11 Å². The quantitative estimate of drug-likeness (QED) is 0.855. The summed E-state index contributed by atoms with van der Waals surface area (Å²) < 4.78 is 13.3. The highest BCUT2D eigenvalue weighted by Crippen LogP contribution is 2.32. The number of nitrogens with one attached hydrogen (secondary N) is 1. The Morgan fingerprint density at radius 1 is 1.43 bits per heavy atom. The van der Waals surface area contributed by atoms with Crippen molar-refractivity contribution in [3.05, 3.63) is 18.0 Å². The molecule has 7 heteroatoms. The average Bonchev–Trinajstić information content (AvgIpc) is 2.95. The number of hydrogen-bond acceptors (Lipinski definition) is 6. The van der Waals surface area contributed by atoms with E-state index in [1.807, 2.05) is 4.57 Å². The maximum Gasteiger partial charge on any atom is 0.300 e. The fraction of sp³-hybridized carbons (Fsp3) is 0.562. The molecule has 0 saturated carbocycles. The van der Waals surface area contributed by atoms with Crippen LogP contribution in [0, 0.1) is 0 Å². The van der Waals surface area contributed by atoms with E-state index in [0.717, 1.165) is 31.5 Å². The van der Waals surface area contributed by atoms with Crippen molar-refractivity contribution in [2.45, 2.75) is 39.3 Å². The fourth-order valence-electron chi connectivity index (χ4n) is 2.70. The first kappa shape index (κ1) is 15.7. The lowest BCUT2D eigenvalue weighted by molar-refractivity contribution is -0.0334. The lowest BCUT2D eigenvalue weighted by Gasteiger charge is -2.24. The van der Waals surface area contributed by atoms with Gasteiger partial charge in [0.2, 0.25) is 0 Å². The molecule has 0 radical (unpaired) electrons. The zero-order valence-electron chi connectivity index (χ0n) is 13.9. The third-order valence-corrected chi connectivity index (χ3v) is 3.85. The normalized spacial score (nSPS) is 18.0. The van der Waals surface area contributed by atoms with Gasteiger partial charge < -0.3 is 14.8 Å². The summed E-state index contributed by atoms with van der Waals surface area (Å²) in [4.78, 5) is 13.3. The summed E-state index contributed by atoms with van der Waals surface area (Å²) in [6.07, 6.45) is 6.73. The van der Waals surface area contributed by atoms with Crippen LogP contribution in [0.5, 0.6) is 6.01 Å². The molecule has 1 unspecified atom stereocenters. The highest BCUT2D eigenvalue weighted by Gasteiger charge is 2.25. The fourth-order valence-corrected chi connectivity index (χ4v) is 2.70. The molecule has 0 spiro atoms. The Morgan fingerprint density at radius 3 is 3.00 bits per heavy atom. The first-order valence-corrected chi connectivity index (χ1v) is 7.96. The Bertz CT molecular complexity index is 700. The molecule has 1 atom stereocenters. The largest absolute Gasteiger partial charge is 0.468 e. The molecule has 0 aromatic carbocycles. The van der Waals surface area contributed by atoms with Gasteiger partial charge in [-0.25, -0.2) is 9.97 Å². The molecule has 124 valence electrons. The summed E-state index contributed by atoms with van der Waals surface area (Å²) in [7, 11) is 1.62. The van der Waals surface area contributed by atoms with Crippen molar-refractivity contribution in [1.82, 2.24) is 19.5 Å². The number of ether oxygens (including phenoxy) is 2. The molecule has 1 fully saturated rings. The molecule has 2 aromatic rings. The topological polar surface area (TPSA) is 74.1 Å². The molecule has 1 saturated heterocycles. The smallest absolute Gasteiger partial charge is 0.300 e. The van der Waals surface area contributed by atoms with Gasteiger partial charge in [0.1, 0.15) is 12.6 Å². The molecule has 1 aliphatic rings. The van der Waals surface area contributed by atoms with Crippen LogP contribution < -0.4 is 10.1 Å². The molecule has 3 rings (SSSR count). The second-order valence-corrected chi connectivity index (χ2v) is 5.85. The molecule has 1 N–H and O–H groups in total. The molecule has 1 aliphatic heterocycles. The minimum Gasteiger partial charge on any atom is -0.468 e. The van der Waals surface area contributed by atoms with Crippen molar-refractivity contribution in [2.24, 2.45) is 0 Å². The summed E-state index contributed by atoms with van der Waals surface area (Å²) in [6.45, 7) is 5.58. The van der Waals surface area contributed by atoms with Gasteiger partial charge in [0.15, 0.2) is 17.0 Å². The second kappa shape index (κ2) is 6.95. The Hall–Kier alpha value is -2.15. The highest BCUT2D eigenvalue weighted by atomic mass is 16.5. The molecule has 0 bridgehead atoms. The third-order valence-electron chi connectivity index (χ3n) is 3.85. The van der Waals surface area contributed by atoms with Crippen LogP contribution in [-0.2, 0) is 4.74 Å². The van der Waals surface area contributed by atoms with Gasteiger partial charge in [-0.15, -0.1) is 0 Å². The third kappa shape index (κ3) is 3.29. The summed E-state index contributed by atoms with van der Waals surface area (Å²) in [5.41, 5.74) is 2.70. The van der Waals surface area contributed by atoms with Crippen molar-refractivity contribution >= 4 is 17.0 Å². The minimum atomic E-state index is -0.0794. The maximum atomic E-state index is 5.88. The van der Waals surface area contributed by atoms with E-state index in [-0.39, 0.29) is 6.23 Å². The lowest BCUT2D eigenvalue weighted by Crippen LogP contribution is -2.19. The Morgan fingerprint density at radius 2 is 2.30 bits per heavy atom. The van der Waals surface area contributed by atoms with Gasteiger partial charge in [0.25, 0.3) is 0 Å². The average molecular weight is 317 g/mol. The zero-order chi connectivity index (χ0) is 16.2. The van der Waals surface area contributed by atoms with Crippen molar-refractivity contribution in [3.8, 4) is 6.01 Å². The van der Waals surface area contributed by atoms with E-state index in [2.05, 4.69) is 40.2 Å². The molecule has 0 amide bonds. The summed E-state index contributed by atoms with van der Waals surface area (Å²) in [5, 5.41) is 3.29. The van der Waals surface area contributed by atoms with Crippen LogP contribution in [-0.4, -0.2) is 39.8 Å². The van der Waals surface area contributed by atoms with Gasteiger partial charge >= 0.3 is 6.01 Å². The Kier molecular flexibility index (Phi) is 4.76. The van der Waals surface area contributed by atoms with E-state index in [0.29, 0.717) is 23.9 Å². The molecule has 2 aromatic heterocycles. The van der Waals surface area contributed by atoms with Crippen LogP contribution in [0.3, 0.4) is 0 Å². The van der Waals surface area contributed by atoms with Crippen molar-refractivity contribution < 1.29 is 9.47 Å². The van der Waals surface area contributed by atoms with E-state index >= 15 is 0 Å². The van der Waals surface area contributed by atoms with Crippen molar-refractivity contribution in [3.63, 3.8) is 0 Å². The first-order chi connectivity index (χ1) is 11.2. The summed E-state index contributed by atoms with van der Waals surface area (Å²) >= 11 is 0. The predicted molar refractivity (Wildman–Crippen MR) is 88.6 cm³/mol. The van der Waals surface area contributed by atoms with Crippen molar-refractivity contribution in [2.75, 3.05) is 25.6 Å². The van der Waals surface area contributed by atoms with E-state index in [1.54, 1.807) is 13.4 Å². The predicted octanol–water partition coefficient (Wildman–Crippen LogP) is 2.91. The Labute approximate surface area is 135 Å². The number of rotatable bonds is 5. The monoisotopic (exact) mass is 317 g/mol. The van der Waals surface area contributed by atoms with Crippen LogP contribution in [0.25, 0.3) is 11.2 Å². The number of aromatic nitrogens is 4. The number of anilines is 1. The number of fused-ring (bicyclic) bond motifs is 1. The Balaban J connectivity index is 1.98. The summed E-state index contributed by atoms with van der Waals surface area (Å²) in [6, 6.07) is 0.512. The van der Waals surface area contributed by atoms with Crippen LogP contribution in [0.15, 0.2) is 18.0 Å². The maximum absolute atomic E-state index is 5.88. The van der Waals surface area contributed by atoms with Crippen LogP contribution in [0.4, 0.5) is 5.82 Å². The standard InChI is InChI=1S/C16H23N5O2/c1-11(2)7-8-17-14-13-15(19-10-18-14)21(16(20-13)22-3)12-6-4-5-9-23-12/h7,10,12H,4-6,8-9H2,1-3H3,(H,17,18,19). The number of allylic oxidation sites excluding steroid dienone is 1. The van der Waals surface area contributed by atoms with Gasteiger partial charge in [-0.1, -0.05) is 11.6 Å². The highest BCUT2D eigenvalue weighted by molar-refractivity contribution is 5.84. The zero-order valence-corrected chi connectivity index (χ0v) is 13.9. The van der Waals surface area contributed by atoms with E-state index < -0.39 is 0 Å².